The molecule has 0 aliphatic carbocycles. The van der Waals surface area contributed by atoms with Crippen molar-refractivity contribution in [2.75, 3.05) is 13.2 Å². The van der Waals surface area contributed by atoms with Crippen LogP contribution in [0, 0.1) is 0 Å². The van der Waals surface area contributed by atoms with Gasteiger partial charge in [0.1, 0.15) is 0 Å². The molecule has 0 bridgehead atoms. The summed E-state index contributed by atoms with van der Waals surface area (Å²) in [5.74, 6) is 0. The Labute approximate surface area is 140 Å². The molecule has 0 fully saturated rings. The number of aldehydes is 1. The summed E-state index contributed by atoms with van der Waals surface area (Å²) < 4.78 is 25.9. The number of carbonyl (C=O) groups is 1. The molecule has 3 nitrogen and oxygen atoms in total. The van der Waals surface area contributed by atoms with E-state index in [0.29, 0.717) is 12.9 Å². The molecule has 23 heavy (non-hydrogen) atoms. The summed E-state index contributed by atoms with van der Waals surface area (Å²) in [4.78, 5) is 11.2. The molecule has 0 unspecified atom stereocenters. The molecule has 0 N–H and O–H groups in total. The van der Waals surface area contributed by atoms with E-state index in [1.54, 1.807) is 0 Å². The molecule has 1 aromatic carbocycles. The summed E-state index contributed by atoms with van der Waals surface area (Å²) in [7, 11) is -2.07. The van der Waals surface area contributed by atoms with Gasteiger partial charge in [0, 0.05) is 6.42 Å². The number of hydrogen-bond acceptors (Lipinski definition) is 3. The summed E-state index contributed by atoms with van der Waals surface area (Å²) in [6, 6.07) is 9.68. The van der Waals surface area contributed by atoms with E-state index in [0.717, 1.165) is 5.56 Å². The largest absolute Gasteiger partial charge is 0.413 e. The first-order valence-corrected chi connectivity index (χ1v) is 10.9. The van der Waals surface area contributed by atoms with Gasteiger partial charge < -0.3 is 9.16 Å². The molecule has 0 radical (unpaired) electrons. The summed E-state index contributed by atoms with van der Waals surface area (Å²) >= 11 is 0. The molecule has 0 spiro atoms. The van der Waals surface area contributed by atoms with Crippen LogP contribution in [0.15, 0.2) is 30.3 Å². The summed E-state index contributed by atoms with van der Waals surface area (Å²) in [6.07, 6.45) is 0.365. The average Bonchev–Trinajstić information content (AvgIpc) is 2.50. The van der Waals surface area contributed by atoms with Crippen molar-refractivity contribution in [1.29, 1.82) is 0 Å². The highest BCUT2D eigenvalue weighted by atomic mass is 28.4. The van der Waals surface area contributed by atoms with E-state index >= 15 is 0 Å². The van der Waals surface area contributed by atoms with Crippen molar-refractivity contribution in [1.82, 2.24) is 0 Å². The van der Waals surface area contributed by atoms with Crippen molar-refractivity contribution in [2.45, 2.75) is 57.6 Å². The number of ether oxygens (including phenoxy) is 1. The van der Waals surface area contributed by atoms with Crippen molar-refractivity contribution in [3.05, 3.63) is 35.9 Å². The van der Waals surface area contributed by atoms with Gasteiger partial charge in [-0.2, -0.15) is 0 Å². The molecule has 1 atom stereocenters. The van der Waals surface area contributed by atoms with Crippen molar-refractivity contribution in [3.63, 3.8) is 0 Å². The normalized spacial score (nSPS) is 15.2. The van der Waals surface area contributed by atoms with E-state index < -0.39 is 14.0 Å². The zero-order valence-electron chi connectivity index (χ0n) is 14.9. The minimum absolute atomic E-state index is 0.0119. The Hall–Kier alpha value is -1.04. The molecule has 1 rings (SSSR count). The number of alkyl halides is 1. The zero-order chi connectivity index (χ0) is 17.6. The molecule has 0 heterocycles. The van der Waals surface area contributed by atoms with E-state index in [2.05, 4.69) is 20.8 Å². The van der Waals surface area contributed by atoms with Crippen LogP contribution in [-0.2, 0) is 20.6 Å². The highest BCUT2D eigenvalue weighted by Gasteiger charge is 2.40. The van der Waals surface area contributed by atoms with Gasteiger partial charge in [-0.1, -0.05) is 51.1 Å². The Morgan fingerprint density at radius 2 is 1.78 bits per heavy atom. The monoisotopic (exact) mass is 340 g/mol. The third-order valence-electron chi connectivity index (χ3n) is 4.46. The van der Waals surface area contributed by atoms with Crippen LogP contribution in [0.25, 0.3) is 0 Å². The molecule has 1 aromatic rings. The SMILES string of the molecule is CC(C)(C)[Si](C)(C)OC[C@](F)(C=O)CCOCc1ccccc1. The summed E-state index contributed by atoms with van der Waals surface area (Å²) in [5.41, 5.74) is -0.952. The molecule has 0 saturated carbocycles. The minimum Gasteiger partial charge on any atom is -0.413 e. The lowest BCUT2D eigenvalue weighted by molar-refractivity contribution is -0.121. The maximum atomic E-state index is 14.6. The second-order valence-corrected chi connectivity index (χ2v) is 12.3. The van der Waals surface area contributed by atoms with Gasteiger partial charge in [0.2, 0.25) is 0 Å². The van der Waals surface area contributed by atoms with Crippen LogP contribution in [0.2, 0.25) is 18.1 Å². The maximum Gasteiger partial charge on any atom is 0.192 e. The fourth-order valence-electron chi connectivity index (χ4n) is 1.69. The second-order valence-electron chi connectivity index (χ2n) is 7.49. The van der Waals surface area contributed by atoms with Gasteiger partial charge in [0.15, 0.2) is 20.3 Å². The highest BCUT2D eigenvalue weighted by molar-refractivity contribution is 6.74. The molecule has 130 valence electrons. The minimum atomic E-state index is -2.07. The van der Waals surface area contributed by atoms with Crippen molar-refractivity contribution >= 4 is 14.6 Å². The van der Waals surface area contributed by atoms with Crippen molar-refractivity contribution in [2.24, 2.45) is 0 Å². The third-order valence-corrected chi connectivity index (χ3v) is 8.94. The van der Waals surface area contributed by atoms with Crippen LogP contribution in [0.3, 0.4) is 0 Å². The van der Waals surface area contributed by atoms with E-state index in [9.17, 15) is 9.18 Å². The lowest BCUT2D eigenvalue weighted by atomic mass is 10.1. The van der Waals surface area contributed by atoms with Gasteiger partial charge in [-0.3, -0.25) is 4.79 Å². The van der Waals surface area contributed by atoms with Crippen LogP contribution in [0.4, 0.5) is 4.39 Å². The Bertz CT molecular complexity index is 485. The first-order valence-electron chi connectivity index (χ1n) is 8.00. The molecule has 0 saturated heterocycles. The van der Waals surface area contributed by atoms with E-state index in [-0.39, 0.29) is 24.7 Å². The number of halogens is 1. The van der Waals surface area contributed by atoms with Gasteiger partial charge in [-0.05, 0) is 23.7 Å². The van der Waals surface area contributed by atoms with E-state index in [1.807, 2.05) is 43.4 Å². The van der Waals surface area contributed by atoms with E-state index in [1.165, 1.54) is 0 Å². The fourth-order valence-corrected chi connectivity index (χ4v) is 2.72. The Balaban J connectivity index is 2.43. The Morgan fingerprint density at radius 3 is 2.30 bits per heavy atom. The first kappa shape index (κ1) is 20.0. The second kappa shape index (κ2) is 8.17. The number of rotatable bonds is 9. The standard InChI is InChI=1S/C18H29FO3Si/c1-17(2,3)23(4,5)22-15-18(19,14-20)11-12-21-13-16-9-7-6-8-10-16/h6-10,14H,11-13,15H2,1-5H3/t18-/m1/s1. The topological polar surface area (TPSA) is 35.5 Å². The maximum absolute atomic E-state index is 14.6. The smallest absolute Gasteiger partial charge is 0.192 e. The number of hydrogen-bond donors (Lipinski definition) is 0. The molecular formula is C18H29FO3Si. The highest BCUT2D eigenvalue weighted by Crippen LogP contribution is 2.37. The molecule has 0 amide bonds. The fraction of sp³-hybridized carbons (Fsp3) is 0.611. The van der Waals surface area contributed by atoms with Gasteiger partial charge in [0.25, 0.3) is 0 Å². The zero-order valence-corrected chi connectivity index (χ0v) is 15.9. The van der Waals surface area contributed by atoms with Crippen LogP contribution in [-0.4, -0.2) is 33.5 Å². The Morgan fingerprint density at radius 1 is 1.17 bits per heavy atom. The molecule has 0 aliphatic heterocycles. The summed E-state index contributed by atoms with van der Waals surface area (Å²) in [6.45, 7) is 10.8. The van der Waals surface area contributed by atoms with Crippen LogP contribution in [0.1, 0.15) is 32.8 Å². The van der Waals surface area contributed by atoms with Gasteiger partial charge >= 0.3 is 0 Å². The lowest BCUT2D eigenvalue weighted by Crippen LogP contribution is -2.45. The predicted octanol–water partition coefficient (Wildman–Crippen LogP) is 4.52. The van der Waals surface area contributed by atoms with Gasteiger partial charge in [-0.25, -0.2) is 4.39 Å². The van der Waals surface area contributed by atoms with Crippen LogP contribution >= 0.6 is 0 Å². The predicted molar refractivity (Wildman–Crippen MR) is 93.8 cm³/mol. The Kier molecular flexibility index (Phi) is 7.11. The molecular weight excluding hydrogens is 311 g/mol. The molecule has 5 heteroatoms. The van der Waals surface area contributed by atoms with E-state index in [4.69, 9.17) is 9.16 Å². The quantitative estimate of drug-likeness (QED) is 0.376. The van der Waals surface area contributed by atoms with Crippen LogP contribution < -0.4 is 0 Å². The molecule has 0 aromatic heterocycles. The average molecular weight is 341 g/mol. The van der Waals surface area contributed by atoms with Gasteiger partial charge in [-0.15, -0.1) is 0 Å². The van der Waals surface area contributed by atoms with Crippen molar-refractivity contribution < 1.29 is 18.3 Å². The third kappa shape index (κ3) is 6.53. The van der Waals surface area contributed by atoms with Gasteiger partial charge in [0.05, 0.1) is 19.8 Å². The van der Waals surface area contributed by atoms with Crippen molar-refractivity contribution in [3.8, 4) is 0 Å². The molecule has 0 aliphatic rings. The summed E-state index contributed by atoms with van der Waals surface area (Å²) in [5, 5.41) is -0.0133. The first-order chi connectivity index (χ1) is 10.6. The lowest BCUT2D eigenvalue weighted by Gasteiger charge is -2.37. The van der Waals surface area contributed by atoms with Crippen LogP contribution in [0.5, 0.6) is 0 Å². The number of benzene rings is 1. The number of carbonyl (C=O) groups excluding carboxylic acids is 1.